The minimum atomic E-state index is -0.379. The predicted octanol–water partition coefficient (Wildman–Crippen LogP) is 4.13. The molecule has 2 aromatic carbocycles. The van der Waals surface area contributed by atoms with Gasteiger partial charge in [-0.05, 0) is 30.5 Å². The monoisotopic (exact) mass is 378 g/mol. The minimum absolute atomic E-state index is 0.0275. The van der Waals surface area contributed by atoms with Crippen molar-refractivity contribution in [3.05, 3.63) is 60.2 Å². The van der Waals surface area contributed by atoms with Crippen LogP contribution in [0.4, 0.5) is 5.82 Å². The van der Waals surface area contributed by atoms with Crippen LogP contribution in [-0.2, 0) is 4.79 Å². The van der Waals surface area contributed by atoms with Crippen molar-refractivity contribution in [3.8, 4) is 0 Å². The van der Waals surface area contributed by atoms with Crippen molar-refractivity contribution in [1.29, 1.82) is 0 Å². The van der Waals surface area contributed by atoms with Crippen LogP contribution in [0.2, 0.25) is 0 Å². The van der Waals surface area contributed by atoms with Gasteiger partial charge in [0.2, 0.25) is 5.91 Å². The second-order valence-corrected chi connectivity index (χ2v) is 8.00. The fourth-order valence-electron chi connectivity index (χ4n) is 2.87. The molecule has 0 spiro atoms. The van der Waals surface area contributed by atoms with Gasteiger partial charge in [-0.1, -0.05) is 54.2 Å². The summed E-state index contributed by atoms with van der Waals surface area (Å²) in [5, 5.41) is 4.76. The summed E-state index contributed by atoms with van der Waals surface area (Å²) in [7, 11) is 3.56. The van der Waals surface area contributed by atoms with E-state index < -0.39 is 0 Å². The summed E-state index contributed by atoms with van der Waals surface area (Å²) >= 11 is 1.40. The number of carbonyl (C=O) groups is 1. The predicted molar refractivity (Wildman–Crippen MR) is 110 cm³/mol. The van der Waals surface area contributed by atoms with Gasteiger partial charge >= 0.3 is 0 Å². The Balaban J connectivity index is 1.72. The highest BCUT2D eigenvalue weighted by Crippen LogP contribution is 2.37. The molecule has 1 N–H and O–H groups in total. The summed E-state index contributed by atoms with van der Waals surface area (Å²) in [5.41, 5.74) is 1.84. The van der Waals surface area contributed by atoms with Crippen LogP contribution >= 0.6 is 11.8 Å². The zero-order valence-corrected chi connectivity index (χ0v) is 16.2. The molecule has 3 aromatic rings. The van der Waals surface area contributed by atoms with Gasteiger partial charge < -0.3 is 10.2 Å². The molecule has 5 nitrogen and oxygen atoms in total. The van der Waals surface area contributed by atoms with Crippen molar-refractivity contribution in [1.82, 2.24) is 14.9 Å². The van der Waals surface area contributed by atoms with E-state index in [0.29, 0.717) is 11.2 Å². The lowest BCUT2D eigenvalue weighted by molar-refractivity contribution is -0.128. The molecule has 6 heteroatoms. The molecule has 1 aliphatic carbocycles. The fourth-order valence-corrected chi connectivity index (χ4v) is 3.98. The number of thioether (sulfide) groups is 1. The Kier molecular flexibility index (Phi) is 4.99. The van der Waals surface area contributed by atoms with Gasteiger partial charge in [0, 0.05) is 25.5 Å². The first kappa shape index (κ1) is 17.8. The van der Waals surface area contributed by atoms with Crippen LogP contribution in [0.25, 0.3) is 10.9 Å². The van der Waals surface area contributed by atoms with E-state index >= 15 is 0 Å². The standard InChI is InChI=1S/C21H22N4OS/c1-25(2)20(26)18(14-8-4-3-5-9-14)27-21-23-17-11-7-6-10-16(17)19(24-21)22-15-12-13-15/h3-11,15,18H,12-13H2,1-2H3,(H,22,23,24)/t18-/m0/s1. The Morgan fingerprint density at radius 2 is 1.78 bits per heavy atom. The Morgan fingerprint density at radius 3 is 2.48 bits per heavy atom. The third-order valence-corrected chi connectivity index (χ3v) is 5.59. The molecule has 0 radical (unpaired) electrons. The zero-order chi connectivity index (χ0) is 18.8. The Hall–Kier alpha value is -2.60. The number of rotatable bonds is 6. The summed E-state index contributed by atoms with van der Waals surface area (Å²) in [4.78, 5) is 23.9. The van der Waals surface area contributed by atoms with Gasteiger partial charge in [-0.15, -0.1) is 0 Å². The van der Waals surface area contributed by atoms with E-state index in [1.165, 1.54) is 24.6 Å². The molecule has 1 heterocycles. The van der Waals surface area contributed by atoms with Crippen LogP contribution < -0.4 is 5.32 Å². The van der Waals surface area contributed by atoms with Gasteiger partial charge in [-0.2, -0.15) is 0 Å². The highest BCUT2D eigenvalue weighted by Gasteiger charge is 2.26. The highest BCUT2D eigenvalue weighted by molar-refractivity contribution is 8.00. The van der Waals surface area contributed by atoms with E-state index in [0.717, 1.165) is 22.3 Å². The Morgan fingerprint density at radius 1 is 1.07 bits per heavy atom. The third-order valence-electron chi connectivity index (χ3n) is 4.49. The molecule has 0 saturated heterocycles. The van der Waals surface area contributed by atoms with Gasteiger partial charge in [0.15, 0.2) is 5.16 Å². The molecule has 1 aromatic heterocycles. The van der Waals surface area contributed by atoms with Crippen LogP contribution in [0.15, 0.2) is 59.8 Å². The smallest absolute Gasteiger partial charge is 0.240 e. The minimum Gasteiger partial charge on any atom is -0.367 e. The van der Waals surface area contributed by atoms with Gasteiger partial charge in [0.25, 0.3) is 0 Å². The summed E-state index contributed by atoms with van der Waals surface area (Å²) in [6.07, 6.45) is 2.35. The normalized spacial score (nSPS) is 14.7. The van der Waals surface area contributed by atoms with Crippen molar-refractivity contribution in [2.45, 2.75) is 29.3 Å². The summed E-state index contributed by atoms with van der Waals surface area (Å²) in [5.74, 6) is 0.884. The number of hydrogen-bond acceptors (Lipinski definition) is 5. The van der Waals surface area contributed by atoms with E-state index in [1.54, 1.807) is 19.0 Å². The maximum absolute atomic E-state index is 12.8. The number of fused-ring (bicyclic) bond motifs is 1. The highest BCUT2D eigenvalue weighted by atomic mass is 32.2. The van der Waals surface area contributed by atoms with Crippen LogP contribution in [0.1, 0.15) is 23.7 Å². The first-order chi connectivity index (χ1) is 13.1. The molecule has 4 rings (SSSR count). The molecule has 27 heavy (non-hydrogen) atoms. The third kappa shape index (κ3) is 4.06. The summed E-state index contributed by atoms with van der Waals surface area (Å²) in [6, 6.07) is 18.3. The summed E-state index contributed by atoms with van der Waals surface area (Å²) in [6.45, 7) is 0. The number of benzene rings is 2. The van der Waals surface area contributed by atoms with Crippen molar-refractivity contribution < 1.29 is 4.79 Å². The lowest BCUT2D eigenvalue weighted by Gasteiger charge is -2.20. The number of para-hydroxylation sites is 1. The van der Waals surface area contributed by atoms with E-state index in [9.17, 15) is 4.79 Å². The second kappa shape index (κ2) is 7.56. The second-order valence-electron chi connectivity index (χ2n) is 6.93. The van der Waals surface area contributed by atoms with E-state index in [-0.39, 0.29) is 11.2 Å². The number of nitrogens with one attached hydrogen (secondary N) is 1. The number of hydrogen-bond donors (Lipinski definition) is 1. The molecule has 1 atom stereocenters. The lowest BCUT2D eigenvalue weighted by Crippen LogP contribution is -2.26. The molecule has 0 unspecified atom stereocenters. The van der Waals surface area contributed by atoms with Gasteiger partial charge in [0.1, 0.15) is 11.1 Å². The van der Waals surface area contributed by atoms with E-state index in [1.807, 2.05) is 54.6 Å². The SMILES string of the molecule is CN(C)C(=O)[C@@H](Sc1nc(NC2CC2)c2ccccc2n1)c1ccccc1. The molecule has 0 bridgehead atoms. The molecular formula is C21H22N4OS. The number of likely N-dealkylation sites (N-methyl/N-ethyl adjacent to an activating group) is 1. The van der Waals surface area contributed by atoms with Gasteiger partial charge in [-0.3, -0.25) is 4.79 Å². The first-order valence-corrected chi connectivity index (χ1v) is 9.96. The molecule has 0 aliphatic heterocycles. The average Bonchev–Trinajstić information content (AvgIpc) is 3.50. The number of nitrogens with zero attached hydrogens (tertiary/aromatic N) is 3. The molecular weight excluding hydrogens is 356 g/mol. The topological polar surface area (TPSA) is 58.1 Å². The van der Waals surface area contributed by atoms with Crippen LogP contribution in [-0.4, -0.2) is 40.9 Å². The van der Waals surface area contributed by atoms with E-state index in [2.05, 4.69) is 5.32 Å². The van der Waals surface area contributed by atoms with Crippen molar-refractivity contribution >= 4 is 34.4 Å². The van der Waals surface area contributed by atoms with Crippen molar-refractivity contribution in [2.75, 3.05) is 19.4 Å². The average molecular weight is 379 g/mol. The van der Waals surface area contributed by atoms with Crippen LogP contribution in [0.3, 0.4) is 0 Å². The maximum Gasteiger partial charge on any atom is 0.240 e. The fraction of sp³-hybridized carbons (Fsp3) is 0.286. The zero-order valence-electron chi connectivity index (χ0n) is 15.4. The quantitative estimate of drug-likeness (QED) is 0.516. The van der Waals surface area contributed by atoms with E-state index in [4.69, 9.17) is 9.97 Å². The molecule has 138 valence electrons. The Bertz CT molecular complexity index is 957. The molecule has 1 fully saturated rings. The number of amides is 1. The largest absolute Gasteiger partial charge is 0.367 e. The van der Waals surface area contributed by atoms with Gasteiger partial charge in [0.05, 0.1) is 5.52 Å². The van der Waals surface area contributed by atoms with Gasteiger partial charge in [-0.25, -0.2) is 9.97 Å². The number of anilines is 1. The lowest BCUT2D eigenvalue weighted by atomic mass is 10.1. The first-order valence-electron chi connectivity index (χ1n) is 9.08. The molecule has 1 saturated carbocycles. The number of aromatic nitrogens is 2. The molecule has 1 aliphatic rings. The summed E-state index contributed by atoms with van der Waals surface area (Å²) < 4.78 is 0. The van der Waals surface area contributed by atoms with Crippen molar-refractivity contribution in [2.24, 2.45) is 0 Å². The van der Waals surface area contributed by atoms with Crippen LogP contribution in [0, 0.1) is 0 Å². The van der Waals surface area contributed by atoms with Crippen molar-refractivity contribution in [3.63, 3.8) is 0 Å². The Labute approximate surface area is 163 Å². The van der Waals surface area contributed by atoms with Crippen LogP contribution in [0.5, 0.6) is 0 Å². The number of carbonyl (C=O) groups excluding carboxylic acids is 1. The molecule has 1 amide bonds. The maximum atomic E-state index is 12.8.